The summed E-state index contributed by atoms with van der Waals surface area (Å²) in [4.78, 5) is 12.6. The van der Waals surface area contributed by atoms with Crippen LogP contribution in [0.4, 0.5) is 0 Å². The fraction of sp³-hybridized carbons (Fsp3) is 0.421. The van der Waals surface area contributed by atoms with Crippen molar-refractivity contribution in [3.05, 3.63) is 48.0 Å². The Morgan fingerprint density at radius 3 is 2.48 bits per heavy atom. The molecule has 2 fully saturated rings. The summed E-state index contributed by atoms with van der Waals surface area (Å²) in [6, 6.07) is 15.7. The maximum Gasteiger partial charge on any atom is 0.163 e. The second-order valence-corrected chi connectivity index (χ2v) is 6.66. The van der Waals surface area contributed by atoms with E-state index in [-0.39, 0.29) is 0 Å². The standard InChI is InChI=1S/C19H21NO/c21-19(11-13-9-17-7-8-18(10-13)20-17)16-6-5-14-3-1-2-4-15(14)12-16/h1-6,12-13,17-18,20H,7-11H2. The third kappa shape index (κ3) is 2.60. The van der Waals surface area contributed by atoms with E-state index < -0.39 is 0 Å². The molecule has 2 nitrogen and oxygen atoms in total. The van der Waals surface area contributed by atoms with Crippen LogP contribution in [-0.4, -0.2) is 17.9 Å². The summed E-state index contributed by atoms with van der Waals surface area (Å²) in [7, 11) is 0. The van der Waals surface area contributed by atoms with Gasteiger partial charge in [0.2, 0.25) is 0 Å². The first-order valence-electron chi connectivity index (χ1n) is 8.06. The fourth-order valence-corrected chi connectivity index (χ4v) is 4.08. The van der Waals surface area contributed by atoms with Gasteiger partial charge in [0.15, 0.2) is 5.78 Å². The Bertz CT molecular complexity index is 666. The summed E-state index contributed by atoms with van der Waals surface area (Å²) in [5.74, 6) is 0.884. The van der Waals surface area contributed by atoms with Crippen molar-refractivity contribution in [1.29, 1.82) is 0 Å². The molecule has 2 heterocycles. The lowest BCUT2D eigenvalue weighted by atomic mass is 9.86. The molecule has 2 aromatic carbocycles. The van der Waals surface area contributed by atoms with E-state index in [1.54, 1.807) is 0 Å². The molecule has 2 aliphatic rings. The van der Waals surface area contributed by atoms with Crippen molar-refractivity contribution in [3.63, 3.8) is 0 Å². The van der Waals surface area contributed by atoms with E-state index >= 15 is 0 Å². The van der Waals surface area contributed by atoms with Crippen LogP contribution in [0.2, 0.25) is 0 Å². The molecular formula is C19H21NO. The van der Waals surface area contributed by atoms with Gasteiger partial charge < -0.3 is 5.32 Å². The van der Waals surface area contributed by atoms with Crippen molar-refractivity contribution in [2.45, 2.75) is 44.2 Å². The number of carbonyl (C=O) groups excluding carboxylic acids is 1. The van der Waals surface area contributed by atoms with E-state index in [0.29, 0.717) is 30.2 Å². The van der Waals surface area contributed by atoms with Crippen molar-refractivity contribution in [3.8, 4) is 0 Å². The van der Waals surface area contributed by atoms with Gasteiger partial charge in [-0.1, -0.05) is 36.4 Å². The van der Waals surface area contributed by atoms with Crippen LogP contribution < -0.4 is 5.32 Å². The van der Waals surface area contributed by atoms with Crippen LogP contribution >= 0.6 is 0 Å². The Kier molecular flexibility index (Phi) is 3.27. The predicted octanol–water partition coefficient (Wildman–Crippen LogP) is 3.94. The molecule has 0 radical (unpaired) electrons. The van der Waals surface area contributed by atoms with Crippen LogP contribution in [0.15, 0.2) is 42.5 Å². The zero-order valence-corrected chi connectivity index (χ0v) is 12.2. The van der Waals surface area contributed by atoms with E-state index in [4.69, 9.17) is 0 Å². The van der Waals surface area contributed by atoms with Gasteiger partial charge in [-0.3, -0.25) is 4.79 Å². The minimum absolute atomic E-state index is 0.312. The van der Waals surface area contributed by atoms with Crippen LogP contribution in [0.5, 0.6) is 0 Å². The maximum absolute atomic E-state index is 12.6. The highest BCUT2D eigenvalue weighted by atomic mass is 16.1. The monoisotopic (exact) mass is 279 g/mol. The highest BCUT2D eigenvalue weighted by Gasteiger charge is 2.34. The summed E-state index contributed by atoms with van der Waals surface area (Å²) in [6.45, 7) is 0. The third-order valence-electron chi connectivity index (χ3n) is 5.12. The Balaban J connectivity index is 1.50. The second-order valence-electron chi connectivity index (χ2n) is 6.66. The van der Waals surface area contributed by atoms with E-state index in [2.05, 4.69) is 23.5 Å². The molecule has 0 spiro atoms. The molecule has 0 aromatic heterocycles. The number of carbonyl (C=O) groups is 1. The molecule has 108 valence electrons. The summed E-state index contributed by atoms with van der Waals surface area (Å²) in [6.07, 6.45) is 5.66. The summed E-state index contributed by atoms with van der Waals surface area (Å²) < 4.78 is 0. The van der Waals surface area contributed by atoms with Crippen LogP contribution in [0.25, 0.3) is 10.8 Å². The molecular weight excluding hydrogens is 258 g/mol. The lowest BCUT2D eigenvalue weighted by Crippen LogP contribution is -2.38. The first-order valence-corrected chi connectivity index (χ1v) is 8.06. The predicted molar refractivity (Wildman–Crippen MR) is 85.6 cm³/mol. The molecule has 21 heavy (non-hydrogen) atoms. The van der Waals surface area contributed by atoms with Crippen molar-refractivity contribution in [2.24, 2.45) is 5.92 Å². The summed E-state index contributed by atoms with van der Waals surface area (Å²) in [5, 5.41) is 6.01. The zero-order valence-electron chi connectivity index (χ0n) is 12.2. The van der Waals surface area contributed by atoms with Crippen molar-refractivity contribution >= 4 is 16.6 Å². The highest BCUT2D eigenvalue weighted by molar-refractivity contribution is 6.00. The molecule has 0 aliphatic carbocycles. The molecule has 2 aromatic rings. The number of Topliss-reactive ketones (excluding diaryl/α,β-unsaturated/α-hetero) is 1. The molecule has 2 saturated heterocycles. The number of rotatable bonds is 3. The van der Waals surface area contributed by atoms with E-state index in [1.165, 1.54) is 31.1 Å². The minimum atomic E-state index is 0.312. The first kappa shape index (κ1) is 13.0. The quantitative estimate of drug-likeness (QED) is 0.862. The van der Waals surface area contributed by atoms with Crippen LogP contribution in [0.3, 0.4) is 0 Å². The largest absolute Gasteiger partial charge is 0.311 e. The minimum Gasteiger partial charge on any atom is -0.311 e. The number of fused-ring (bicyclic) bond motifs is 3. The molecule has 2 unspecified atom stereocenters. The zero-order chi connectivity index (χ0) is 14.2. The van der Waals surface area contributed by atoms with Gasteiger partial charge in [-0.2, -0.15) is 0 Å². The van der Waals surface area contributed by atoms with Gasteiger partial charge >= 0.3 is 0 Å². The number of hydrogen-bond donors (Lipinski definition) is 1. The number of hydrogen-bond acceptors (Lipinski definition) is 2. The Morgan fingerprint density at radius 2 is 1.71 bits per heavy atom. The SMILES string of the molecule is O=C(CC1CC2CCC(C1)N2)c1ccc2ccccc2c1. The lowest BCUT2D eigenvalue weighted by Gasteiger charge is -2.28. The molecule has 1 N–H and O–H groups in total. The van der Waals surface area contributed by atoms with Crippen LogP contribution in [0, 0.1) is 5.92 Å². The summed E-state index contributed by atoms with van der Waals surface area (Å²) >= 11 is 0. The molecule has 2 heteroatoms. The average molecular weight is 279 g/mol. The Hall–Kier alpha value is -1.67. The van der Waals surface area contributed by atoms with E-state index in [9.17, 15) is 4.79 Å². The van der Waals surface area contributed by atoms with E-state index in [0.717, 1.165) is 10.9 Å². The molecule has 2 atom stereocenters. The van der Waals surface area contributed by atoms with Gasteiger partial charge in [-0.25, -0.2) is 0 Å². The van der Waals surface area contributed by atoms with Gasteiger partial charge in [0.25, 0.3) is 0 Å². The van der Waals surface area contributed by atoms with Gasteiger partial charge in [0.1, 0.15) is 0 Å². The average Bonchev–Trinajstić information content (AvgIpc) is 2.85. The number of nitrogens with one attached hydrogen (secondary N) is 1. The van der Waals surface area contributed by atoms with Crippen molar-refractivity contribution in [2.75, 3.05) is 0 Å². The normalized spacial score (nSPS) is 27.9. The molecule has 0 amide bonds. The maximum atomic E-state index is 12.6. The van der Waals surface area contributed by atoms with Crippen molar-refractivity contribution < 1.29 is 4.79 Å². The van der Waals surface area contributed by atoms with Crippen LogP contribution in [0.1, 0.15) is 42.5 Å². The third-order valence-corrected chi connectivity index (χ3v) is 5.12. The topological polar surface area (TPSA) is 29.1 Å². The lowest BCUT2D eigenvalue weighted by molar-refractivity contribution is 0.0945. The number of piperidine rings is 1. The molecule has 2 bridgehead atoms. The fourth-order valence-electron chi connectivity index (χ4n) is 4.08. The Morgan fingerprint density at radius 1 is 1.00 bits per heavy atom. The number of benzene rings is 2. The van der Waals surface area contributed by atoms with E-state index in [1.807, 2.05) is 24.3 Å². The first-order chi connectivity index (χ1) is 10.3. The van der Waals surface area contributed by atoms with Gasteiger partial charge in [-0.05, 0) is 48.4 Å². The van der Waals surface area contributed by atoms with Crippen molar-refractivity contribution in [1.82, 2.24) is 5.32 Å². The van der Waals surface area contributed by atoms with Gasteiger partial charge in [0.05, 0.1) is 0 Å². The molecule has 2 aliphatic heterocycles. The van der Waals surface area contributed by atoms with Crippen LogP contribution in [-0.2, 0) is 0 Å². The molecule has 0 saturated carbocycles. The Labute approximate surface area is 125 Å². The smallest absolute Gasteiger partial charge is 0.163 e. The highest BCUT2D eigenvalue weighted by Crippen LogP contribution is 2.33. The van der Waals surface area contributed by atoms with Gasteiger partial charge in [0, 0.05) is 24.1 Å². The second kappa shape index (κ2) is 5.27. The number of ketones is 1. The summed E-state index contributed by atoms with van der Waals surface area (Å²) in [5.41, 5.74) is 0.875. The van der Waals surface area contributed by atoms with Gasteiger partial charge in [-0.15, -0.1) is 0 Å². The molecule has 4 rings (SSSR count).